The molecule has 184 valence electrons. The summed E-state index contributed by atoms with van der Waals surface area (Å²) >= 11 is 2.70. The second-order valence-electron chi connectivity index (χ2n) is 7.15. The number of ether oxygens (including phenoxy) is 3. The molecule has 0 aliphatic rings. The number of hydrazone groups is 1. The smallest absolute Gasteiger partial charge is 0.283 e. The van der Waals surface area contributed by atoms with E-state index >= 15 is 0 Å². The van der Waals surface area contributed by atoms with Crippen molar-refractivity contribution < 1.29 is 23.9 Å². The van der Waals surface area contributed by atoms with E-state index in [-0.39, 0.29) is 11.3 Å². The monoisotopic (exact) mass is 524 g/mol. The van der Waals surface area contributed by atoms with Crippen LogP contribution in [-0.2, 0) is 0 Å². The first-order valence-corrected chi connectivity index (χ1v) is 12.0. The zero-order chi connectivity index (χ0) is 25.7. The number of para-hydroxylation sites is 1. The number of aromatic nitrogens is 1. The van der Waals surface area contributed by atoms with E-state index in [0.717, 1.165) is 10.2 Å². The number of methoxy groups -OCH3 is 3. The first-order valence-electron chi connectivity index (χ1n) is 10.4. The van der Waals surface area contributed by atoms with E-state index in [9.17, 15) is 14.9 Å². The summed E-state index contributed by atoms with van der Waals surface area (Å²) in [5, 5.41) is 15.6. The van der Waals surface area contributed by atoms with Gasteiger partial charge in [-0.05, 0) is 30.3 Å². The van der Waals surface area contributed by atoms with Gasteiger partial charge in [0.2, 0.25) is 5.75 Å². The van der Waals surface area contributed by atoms with Gasteiger partial charge in [0.25, 0.3) is 11.6 Å². The fourth-order valence-electron chi connectivity index (χ4n) is 3.27. The first-order chi connectivity index (χ1) is 17.4. The minimum absolute atomic E-state index is 0.0841. The lowest BCUT2D eigenvalue weighted by molar-refractivity contribution is -0.387. The molecule has 0 fully saturated rings. The summed E-state index contributed by atoms with van der Waals surface area (Å²) in [6, 6.07) is 15.4. The van der Waals surface area contributed by atoms with Gasteiger partial charge in [0.15, 0.2) is 15.8 Å². The van der Waals surface area contributed by atoms with Crippen molar-refractivity contribution in [2.75, 3.05) is 21.3 Å². The Kier molecular flexibility index (Phi) is 7.66. The SMILES string of the molecule is COc1cc(C(=O)N/N=C\c2ccc(Sc3nc4ccccc4s3)c([N+](=O)[O-])c2)cc(OC)c1OC. The molecule has 0 saturated heterocycles. The van der Waals surface area contributed by atoms with Gasteiger partial charge in [0, 0.05) is 17.2 Å². The maximum atomic E-state index is 12.6. The highest BCUT2D eigenvalue weighted by molar-refractivity contribution is 8.01. The summed E-state index contributed by atoms with van der Waals surface area (Å²) in [6.45, 7) is 0. The highest BCUT2D eigenvalue weighted by atomic mass is 32.2. The Morgan fingerprint density at radius 1 is 1.08 bits per heavy atom. The lowest BCUT2D eigenvalue weighted by Gasteiger charge is -2.13. The number of carbonyl (C=O) groups excluding carboxylic acids is 1. The number of rotatable bonds is 9. The molecule has 1 heterocycles. The minimum Gasteiger partial charge on any atom is -0.493 e. The van der Waals surface area contributed by atoms with Crippen molar-refractivity contribution in [3.05, 3.63) is 75.8 Å². The molecule has 0 radical (unpaired) electrons. The van der Waals surface area contributed by atoms with Crippen molar-refractivity contribution >= 4 is 51.1 Å². The summed E-state index contributed by atoms with van der Waals surface area (Å²) in [5.74, 6) is 0.477. The molecular formula is C24H20N4O6S2. The lowest BCUT2D eigenvalue weighted by atomic mass is 10.1. The molecule has 36 heavy (non-hydrogen) atoms. The van der Waals surface area contributed by atoms with Crippen LogP contribution in [0.4, 0.5) is 5.69 Å². The van der Waals surface area contributed by atoms with Crippen molar-refractivity contribution in [2.45, 2.75) is 9.24 Å². The van der Waals surface area contributed by atoms with Crippen LogP contribution in [0.1, 0.15) is 15.9 Å². The molecule has 1 N–H and O–H groups in total. The third-order valence-electron chi connectivity index (χ3n) is 4.96. The Morgan fingerprint density at radius 3 is 2.44 bits per heavy atom. The van der Waals surface area contributed by atoms with Crippen LogP contribution in [0.2, 0.25) is 0 Å². The van der Waals surface area contributed by atoms with E-state index in [4.69, 9.17) is 14.2 Å². The Bertz CT molecular complexity index is 1410. The lowest BCUT2D eigenvalue weighted by Crippen LogP contribution is -2.18. The molecule has 10 nitrogen and oxygen atoms in total. The third-order valence-corrected chi connectivity index (χ3v) is 7.12. The molecule has 4 aromatic rings. The number of hydrogen-bond acceptors (Lipinski definition) is 10. The Hall–Kier alpha value is -4.16. The molecule has 0 spiro atoms. The van der Waals surface area contributed by atoms with Gasteiger partial charge >= 0.3 is 0 Å². The van der Waals surface area contributed by atoms with E-state index < -0.39 is 10.8 Å². The molecule has 0 unspecified atom stereocenters. The Morgan fingerprint density at radius 2 is 1.81 bits per heavy atom. The van der Waals surface area contributed by atoms with Crippen molar-refractivity contribution in [3.8, 4) is 17.2 Å². The molecule has 12 heteroatoms. The van der Waals surface area contributed by atoms with Crippen molar-refractivity contribution in [2.24, 2.45) is 5.10 Å². The highest BCUT2D eigenvalue weighted by Gasteiger charge is 2.18. The van der Waals surface area contributed by atoms with Gasteiger partial charge in [-0.2, -0.15) is 5.10 Å². The number of hydrogen-bond donors (Lipinski definition) is 1. The maximum absolute atomic E-state index is 12.6. The molecule has 0 bridgehead atoms. The average molecular weight is 525 g/mol. The summed E-state index contributed by atoms with van der Waals surface area (Å²) in [7, 11) is 4.36. The second-order valence-corrected chi connectivity index (χ2v) is 9.47. The molecular weight excluding hydrogens is 504 g/mol. The first kappa shape index (κ1) is 24.9. The predicted molar refractivity (Wildman–Crippen MR) is 138 cm³/mol. The number of carbonyl (C=O) groups is 1. The van der Waals surface area contributed by atoms with Gasteiger partial charge in [0.1, 0.15) is 0 Å². The summed E-state index contributed by atoms with van der Waals surface area (Å²) < 4.78 is 17.5. The number of fused-ring (bicyclic) bond motifs is 1. The van der Waals surface area contributed by atoms with Crippen molar-refractivity contribution in [1.29, 1.82) is 0 Å². The zero-order valence-electron chi connectivity index (χ0n) is 19.4. The van der Waals surface area contributed by atoms with Gasteiger partial charge in [-0.1, -0.05) is 30.0 Å². The van der Waals surface area contributed by atoms with E-state index in [1.807, 2.05) is 24.3 Å². The molecule has 1 aromatic heterocycles. The molecule has 0 atom stereocenters. The number of nitrogens with one attached hydrogen (secondary N) is 1. The molecule has 1 amide bonds. The second kappa shape index (κ2) is 11.1. The molecule has 0 saturated carbocycles. The number of amides is 1. The van der Waals surface area contributed by atoms with E-state index in [0.29, 0.717) is 32.0 Å². The fraction of sp³-hybridized carbons (Fsp3) is 0.125. The van der Waals surface area contributed by atoms with Gasteiger partial charge < -0.3 is 14.2 Å². The van der Waals surface area contributed by atoms with E-state index in [2.05, 4.69) is 15.5 Å². The van der Waals surface area contributed by atoms with Crippen LogP contribution in [0.3, 0.4) is 0 Å². The fourth-order valence-corrected chi connectivity index (χ4v) is 5.38. The van der Waals surface area contributed by atoms with Crippen LogP contribution in [0.25, 0.3) is 10.2 Å². The maximum Gasteiger partial charge on any atom is 0.283 e. The Balaban J connectivity index is 1.50. The van der Waals surface area contributed by atoms with Gasteiger partial charge in [-0.15, -0.1) is 11.3 Å². The Labute approximate surface area is 214 Å². The standard InChI is InChI=1S/C24H20N4O6S2/c1-32-18-11-15(12-19(33-2)22(18)34-3)23(29)27-25-13-14-8-9-21(17(10-14)28(30)31)36-24-26-16-6-4-5-7-20(16)35-24/h4-13H,1-3H3,(H,27,29)/b25-13-. The van der Waals surface area contributed by atoms with Crippen molar-refractivity contribution in [1.82, 2.24) is 10.4 Å². The van der Waals surface area contributed by atoms with Crippen LogP contribution in [0.5, 0.6) is 17.2 Å². The van der Waals surface area contributed by atoms with Gasteiger partial charge in [-0.25, -0.2) is 10.4 Å². The number of benzene rings is 3. The molecule has 3 aromatic carbocycles. The quantitative estimate of drug-likeness (QED) is 0.181. The summed E-state index contributed by atoms with van der Waals surface area (Å²) in [5.41, 5.74) is 3.84. The number of nitrogens with zero attached hydrogens (tertiary/aromatic N) is 3. The highest BCUT2D eigenvalue weighted by Crippen LogP contribution is 2.39. The number of nitro groups is 1. The largest absolute Gasteiger partial charge is 0.493 e. The van der Waals surface area contributed by atoms with Crippen LogP contribution >= 0.6 is 23.1 Å². The summed E-state index contributed by atoms with van der Waals surface area (Å²) in [4.78, 5) is 28.8. The normalized spacial score (nSPS) is 11.0. The molecule has 0 aliphatic carbocycles. The zero-order valence-corrected chi connectivity index (χ0v) is 21.0. The average Bonchev–Trinajstić information content (AvgIpc) is 3.30. The molecule has 0 aliphatic heterocycles. The van der Waals surface area contributed by atoms with Crippen LogP contribution in [0, 0.1) is 10.1 Å². The number of nitro benzene ring substituents is 1. The minimum atomic E-state index is -0.525. The van der Waals surface area contributed by atoms with Crippen LogP contribution < -0.4 is 19.6 Å². The van der Waals surface area contributed by atoms with Gasteiger partial charge in [0.05, 0.1) is 47.6 Å². The summed E-state index contributed by atoms with van der Waals surface area (Å²) in [6.07, 6.45) is 1.33. The molecule has 4 rings (SSSR count). The number of thiazole rings is 1. The van der Waals surface area contributed by atoms with Gasteiger partial charge in [-0.3, -0.25) is 14.9 Å². The third kappa shape index (κ3) is 5.39. The van der Waals surface area contributed by atoms with E-state index in [1.165, 1.54) is 68.8 Å². The van der Waals surface area contributed by atoms with Crippen LogP contribution in [0.15, 0.2) is 68.9 Å². The topological polar surface area (TPSA) is 125 Å². The van der Waals surface area contributed by atoms with E-state index in [1.54, 1.807) is 12.1 Å². The van der Waals surface area contributed by atoms with Crippen molar-refractivity contribution in [3.63, 3.8) is 0 Å². The van der Waals surface area contributed by atoms with Crippen LogP contribution in [-0.4, -0.2) is 43.4 Å². The predicted octanol–water partition coefficient (Wildman–Crippen LogP) is 5.15.